The fourth-order valence-corrected chi connectivity index (χ4v) is 1.30. The van der Waals surface area contributed by atoms with Crippen molar-refractivity contribution in [2.45, 2.75) is 12.6 Å². The summed E-state index contributed by atoms with van der Waals surface area (Å²) in [6, 6.07) is 1.50. The highest BCUT2D eigenvalue weighted by Gasteiger charge is 2.22. The van der Waals surface area contributed by atoms with Crippen LogP contribution in [0.3, 0.4) is 0 Å². The third-order valence-corrected chi connectivity index (χ3v) is 2.06. The summed E-state index contributed by atoms with van der Waals surface area (Å²) in [6.45, 7) is -0.173. The predicted octanol–water partition coefficient (Wildman–Crippen LogP) is -0.907. The molecule has 0 aliphatic carbocycles. The van der Waals surface area contributed by atoms with Gasteiger partial charge in [0, 0.05) is 6.20 Å². The minimum Gasteiger partial charge on any atom is -0.390 e. The second-order valence-corrected chi connectivity index (χ2v) is 3.12. The molecule has 0 spiro atoms. The molecule has 7 heteroatoms. The number of nitrogen functional groups attached to an aromatic ring is 1. The molecule has 3 N–H and O–H groups in total. The van der Waals surface area contributed by atoms with Crippen LogP contribution in [0.25, 0.3) is 0 Å². The average Bonchev–Trinajstić information content (AvgIpc) is 2.66. The van der Waals surface area contributed by atoms with Crippen LogP contribution >= 0.6 is 0 Å². The Morgan fingerprint density at radius 1 is 1.73 bits per heavy atom. The van der Waals surface area contributed by atoms with Crippen molar-refractivity contribution in [3.63, 3.8) is 0 Å². The van der Waals surface area contributed by atoms with Crippen molar-refractivity contribution in [1.82, 2.24) is 9.55 Å². The van der Waals surface area contributed by atoms with Gasteiger partial charge in [-0.05, 0) is 6.07 Å². The minimum absolute atomic E-state index is 0.164. The molecule has 0 amide bonds. The molecular formula is C8H10N4O3. The van der Waals surface area contributed by atoms with Gasteiger partial charge in [-0.2, -0.15) is 4.98 Å². The maximum atomic E-state index is 11.4. The first-order chi connectivity index (χ1) is 7.20. The number of oxime groups is 1. The van der Waals surface area contributed by atoms with Crippen LogP contribution in [0.4, 0.5) is 5.82 Å². The van der Waals surface area contributed by atoms with Gasteiger partial charge >= 0.3 is 5.69 Å². The summed E-state index contributed by atoms with van der Waals surface area (Å²) in [5.74, 6) is 0.164. The van der Waals surface area contributed by atoms with Crippen molar-refractivity contribution in [3.05, 3.63) is 22.7 Å². The second kappa shape index (κ2) is 3.70. The van der Waals surface area contributed by atoms with Crippen LogP contribution in [0.15, 0.2) is 22.2 Å². The molecule has 1 aliphatic heterocycles. The molecule has 0 fully saturated rings. The molecular weight excluding hydrogens is 200 g/mol. The number of aromatic nitrogens is 2. The van der Waals surface area contributed by atoms with Crippen LogP contribution in [0, 0.1) is 0 Å². The van der Waals surface area contributed by atoms with Crippen LogP contribution in [0.1, 0.15) is 12.6 Å². The molecule has 1 aromatic rings. The van der Waals surface area contributed by atoms with Crippen LogP contribution < -0.4 is 11.4 Å². The molecule has 0 saturated carbocycles. The summed E-state index contributed by atoms with van der Waals surface area (Å²) in [6.07, 6.45) is 1.33. The zero-order chi connectivity index (χ0) is 10.8. The quantitative estimate of drug-likeness (QED) is 0.658. The highest BCUT2D eigenvalue weighted by molar-refractivity contribution is 5.86. The van der Waals surface area contributed by atoms with Gasteiger partial charge in [-0.15, -0.1) is 0 Å². The van der Waals surface area contributed by atoms with Crippen LogP contribution in [-0.2, 0) is 4.84 Å². The Morgan fingerprint density at radius 3 is 3.13 bits per heavy atom. The lowest BCUT2D eigenvalue weighted by Gasteiger charge is -2.10. The summed E-state index contributed by atoms with van der Waals surface area (Å²) in [4.78, 5) is 19.9. The first kappa shape index (κ1) is 9.66. The minimum atomic E-state index is -0.534. The number of rotatable bonds is 2. The molecule has 80 valence electrons. The van der Waals surface area contributed by atoms with Crippen molar-refractivity contribution in [1.29, 1.82) is 0 Å². The van der Waals surface area contributed by atoms with Crippen molar-refractivity contribution < 1.29 is 9.94 Å². The maximum absolute atomic E-state index is 11.4. The molecule has 0 aromatic carbocycles. The highest BCUT2D eigenvalue weighted by atomic mass is 16.7. The molecule has 0 saturated heterocycles. The summed E-state index contributed by atoms with van der Waals surface area (Å²) in [5, 5.41) is 12.4. The van der Waals surface area contributed by atoms with E-state index in [1.165, 1.54) is 16.8 Å². The van der Waals surface area contributed by atoms with E-state index in [0.29, 0.717) is 12.1 Å². The van der Waals surface area contributed by atoms with E-state index in [9.17, 15) is 4.79 Å². The SMILES string of the molecule is Nc1ccn([C@@H]2CC(CO)=NO2)c(=O)n1. The zero-order valence-corrected chi connectivity index (χ0v) is 7.83. The van der Waals surface area contributed by atoms with E-state index in [4.69, 9.17) is 15.7 Å². The molecule has 1 atom stereocenters. The van der Waals surface area contributed by atoms with Gasteiger partial charge in [-0.3, -0.25) is 4.57 Å². The maximum Gasteiger partial charge on any atom is 0.352 e. The largest absolute Gasteiger partial charge is 0.390 e. The van der Waals surface area contributed by atoms with Gasteiger partial charge in [-0.1, -0.05) is 5.16 Å². The molecule has 15 heavy (non-hydrogen) atoms. The van der Waals surface area contributed by atoms with Gasteiger partial charge < -0.3 is 15.7 Å². The van der Waals surface area contributed by atoms with Crippen molar-refractivity contribution >= 4 is 11.5 Å². The van der Waals surface area contributed by atoms with Crippen LogP contribution in [-0.4, -0.2) is 27.0 Å². The van der Waals surface area contributed by atoms with Gasteiger partial charge in [0.2, 0.25) is 6.23 Å². The Hall–Kier alpha value is -1.89. The molecule has 0 unspecified atom stereocenters. The Labute approximate surface area is 84.8 Å². The van der Waals surface area contributed by atoms with E-state index in [1.54, 1.807) is 0 Å². The van der Waals surface area contributed by atoms with E-state index in [1.807, 2.05) is 0 Å². The number of hydrogen-bond acceptors (Lipinski definition) is 6. The Morgan fingerprint density at radius 2 is 2.53 bits per heavy atom. The van der Waals surface area contributed by atoms with E-state index in [0.717, 1.165) is 0 Å². The van der Waals surface area contributed by atoms with Gasteiger partial charge in [0.05, 0.1) is 18.7 Å². The molecule has 1 aliphatic rings. The van der Waals surface area contributed by atoms with Crippen molar-refractivity contribution in [3.8, 4) is 0 Å². The molecule has 1 aromatic heterocycles. The second-order valence-electron chi connectivity index (χ2n) is 3.12. The zero-order valence-electron chi connectivity index (χ0n) is 7.83. The van der Waals surface area contributed by atoms with E-state index < -0.39 is 11.9 Å². The molecule has 2 rings (SSSR count). The summed E-state index contributed by atoms with van der Waals surface area (Å²) in [7, 11) is 0. The fraction of sp³-hybridized carbons (Fsp3) is 0.375. The third kappa shape index (κ3) is 1.82. The first-order valence-electron chi connectivity index (χ1n) is 4.38. The third-order valence-electron chi connectivity index (χ3n) is 2.06. The molecule has 7 nitrogen and oxygen atoms in total. The van der Waals surface area contributed by atoms with E-state index in [2.05, 4.69) is 10.1 Å². The summed E-state index contributed by atoms with van der Waals surface area (Å²) >= 11 is 0. The van der Waals surface area contributed by atoms with Gasteiger partial charge in [0.1, 0.15) is 5.82 Å². The predicted molar refractivity (Wildman–Crippen MR) is 52.2 cm³/mol. The number of anilines is 1. The summed E-state index contributed by atoms with van der Waals surface area (Å²) in [5.41, 5.74) is 5.36. The lowest BCUT2D eigenvalue weighted by atomic mass is 10.2. The number of nitrogens with zero attached hydrogens (tertiary/aromatic N) is 3. The number of hydrogen-bond donors (Lipinski definition) is 2. The van der Waals surface area contributed by atoms with Crippen molar-refractivity contribution in [2.75, 3.05) is 12.3 Å². The number of nitrogens with two attached hydrogens (primary N) is 1. The van der Waals surface area contributed by atoms with E-state index in [-0.39, 0.29) is 12.4 Å². The summed E-state index contributed by atoms with van der Waals surface area (Å²) < 4.78 is 1.28. The fourth-order valence-electron chi connectivity index (χ4n) is 1.30. The van der Waals surface area contributed by atoms with Crippen molar-refractivity contribution in [2.24, 2.45) is 5.16 Å². The Balaban J connectivity index is 2.22. The number of aliphatic hydroxyl groups excluding tert-OH is 1. The lowest BCUT2D eigenvalue weighted by molar-refractivity contribution is 0.0287. The molecule has 0 bridgehead atoms. The van der Waals surface area contributed by atoms with Gasteiger partial charge in [-0.25, -0.2) is 4.79 Å². The Bertz CT molecular complexity index is 453. The lowest BCUT2D eigenvalue weighted by Crippen LogP contribution is -2.27. The average molecular weight is 210 g/mol. The normalized spacial score (nSPS) is 19.8. The van der Waals surface area contributed by atoms with Gasteiger partial charge in [0.15, 0.2) is 0 Å². The molecule has 0 radical (unpaired) electrons. The molecule has 2 heterocycles. The number of aliphatic hydroxyl groups is 1. The van der Waals surface area contributed by atoms with Crippen LogP contribution in [0.2, 0.25) is 0 Å². The van der Waals surface area contributed by atoms with Crippen LogP contribution in [0.5, 0.6) is 0 Å². The smallest absolute Gasteiger partial charge is 0.352 e. The monoisotopic (exact) mass is 210 g/mol. The highest BCUT2D eigenvalue weighted by Crippen LogP contribution is 2.19. The van der Waals surface area contributed by atoms with Gasteiger partial charge in [0.25, 0.3) is 0 Å². The standard InChI is InChI=1S/C8H10N4O3/c9-6-1-2-12(8(14)10-6)7-3-5(4-13)11-15-7/h1-2,7,13H,3-4H2,(H2,9,10,14)/t7-/m0/s1. The Kier molecular flexibility index (Phi) is 2.38. The van der Waals surface area contributed by atoms with E-state index >= 15 is 0 Å². The topological polar surface area (TPSA) is 103 Å². The first-order valence-corrected chi connectivity index (χ1v) is 4.38.